The normalized spacial score (nSPS) is 30.9. The number of piperidine rings is 1. The van der Waals surface area contributed by atoms with Crippen molar-refractivity contribution in [2.24, 2.45) is 23.0 Å². The molecule has 2 atom stereocenters. The Labute approximate surface area is 117 Å². The van der Waals surface area contributed by atoms with Crippen LogP contribution in [0.1, 0.15) is 46.0 Å². The average molecular weight is 275 g/mol. The number of hydrogen-bond donors (Lipinski definition) is 1. The fraction of sp³-hybridized carbons (Fsp3) is 0.929. The Kier molecular flexibility index (Phi) is 5.47. The number of halogens is 1. The van der Waals surface area contributed by atoms with Crippen molar-refractivity contribution in [2.75, 3.05) is 19.6 Å². The lowest BCUT2D eigenvalue weighted by Gasteiger charge is -2.40. The first-order valence-corrected chi connectivity index (χ1v) is 7.08. The molecule has 2 aliphatic rings. The molecule has 0 bridgehead atoms. The molecule has 1 aliphatic heterocycles. The van der Waals surface area contributed by atoms with Crippen molar-refractivity contribution in [3.8, 4) is 0 Å². The summed E-state index contributed by atoms with van der Waals surface area (Å²) < 4.78 is 0. The lowest BCUT2D eigenvalue weighted by molar-refractivity contribution is -0.143. The maximum Gasteiger partial charge on any atom is 0.230 e. The topological polar surface area (TPSA) is 46.3 Å². The third kappa shape index (κ3) is 2.83. The van der Waals surface area contributed by atoms with E-state index in [-0.39, 0.29) is 17.8 Å². The molecule has 106 valence electrons. The molecular formula is C14H27ClN2O. The van der Waals surface area contributed by atoms with Gasteiger partial charge in [0.1, 0.15) is 0 Å². The zero-order valence-corrected chi connectivity index (χ0v) is 12.5. The van der Waals surface area contributed by atoms with Gasteiger partial charge in [-0.2, -0.15) is 0 Å². The molecular weight excluding hydrogens is 248 g/mol. The summed E-state index contributed by atoms with van der Waals surface area (Å²) >= 11 is 0. The van der Waals surface area contributed by atoms with Crippen LogP contribution in [0.5, 0.6) is 0 Å². The molecule has 1 amide bonds. The number of amides is 1. The molecule has 1 heterocycles. The largest absolute Gasteiger partial charge is 0.342 e. The summed E-state index contributed by atoms with van der Waals surface area (Å²) in [5.41, 5.74) is 5.68. The van der Waals surface area contributed by atoms with Gasteiger partial charge < -0.3 is 10.6 Å². The van der Waals surface area contributed by atoms with E-state index in [2.05, 4.69) is 18.7 Å². The van der Waals surface area contributed by atoms with Crippen LogP contribution in [0.25, 0.3) is 0 Å². The summed E-state index contributed by atoms with van der Waals surface area (Å²) in [6, 6.07) is 0. The predicted octanol–water partition coefficient (Wildman–Crippen LogP) is 2.43. The Morgan fingerprint density at radius 3 is 2.39 bits per heavy atom. The summed E-state index contributed by atoms with van der Waals surface area (Å²) in [6.07, 6.45) is 5.49. The molecule has 2 N–H and O–H groups in total. The van der Waals surface area contributed by atoms with Gasteiger partial charge in [-0.15, -0.1) is 12.4 Å². The van der Waals surface area contributed by atoms with Crippen molar-refractivity contribution < 1.29 is 4.79 Å². The highest BCUT2D eigenvalue weighted by Gasteiger charge is 2.43. The SMILES string of the molecule is CC1CCN(C(=O)C2(CN)CCCC2)CC1C.Cl. The predicted molar refractivity (Wildman–Crippen MR) is 76.7 cm³/mol. The van der Waals surface area contributed by atoms with E-state index in [1.54, 1.807) is 0 Å². The monoisotopic (exact) mass is 274 g/mol. The van der Waals surface area contributed by atoms with E-state index < -0.39 is 0 Å². The molecule has 18 heavy (non-hydrogen) atoms. The second kappa shape index (κ2) is 6.25. The van der Waals surface area contributed by atoms with Crippen molar-refractivity contribution in [2.45, 2.75) is 46.0 Å². The average Bonchev–Trinajstić information content (AvgIpc) is 2.81. The Hall–Kier alpha value is -0.280. The summed E-state index contributed by atoms with van der Waals surface area (Å²) in [6.45, 7) is 6.95. The molecule has 2 fully saturated rings. The van der Waals surface area contributed by atoms with E-state index in [0.29, 0.717) is 18.4 Å². The van der Waals surface area contributed by atoms with E-state index in [4.69, 9.17) is 5.73 Å². The minimum Gasteiger partial charge on any atom is -0.342 e. The third-order valence-electron chi connectivity index (χ3n) is 5.03. The quantitative estimate of drug-likeness (QED) is 0.841. The molecule has 0 aromatic heterocycles. The molecule has 3 nitrogen and oxygen atoms in total. The van der Waals surface area contributed by atoms with Crippen LogP contribution >= 0.6 is 12.4 Å². The van der Waals surface area contributed by atoms with Gasteiger partial charge in [0, 0.05) is 19.6 Å². The first-order valence-electron chi connectivity index (χ1n) is 7.08. The van der Waals surface area contributed by atoms with Gasteiger partial charge in [0.25, 0.3) is 0 Å². The smallest absolute Gasteiger partial charge is 0.230 e. The zero-order valence-electron chi connectivity index (χ0n) is 11.7. The lowest BCUT2D eigenvalue weighted by atomic mass is 9.82. The van der Waals surface area contributed by atoms with Gasteiger partial charge in [-0.1, -0.05) is 26.7 Å². The number of hydrogen-bond acceptors (Lipinski definition) is 2. The van der Waals surface area contributed by atoms with Crippen molar-refractivity contribution >= 4 is 18.3 Å². The molecule has 0 aromatic rings. The van der Waals surface area contributed by atoms with Crippen molar-refractivity contribution in [1.29, 1.82) is 0 Å². The van der Waals surface area contributed by atoms with Gasteiger partial charge in [0.2, 0.25) is 5.91 Å². The first-order chi connectivity index (χ1) is 8.09. The molecule has 2 unspecified atom stereocenters. The van der Waals surface area contributed by atoms with Crippen LogP contribution in [0.15, 0.2) is 0 Å². The van der Waals surface area contributed by atoms with Crippen LogP contribution in [0, 0.1) is 17.3 Å². The Morgan fingerprint density at radius 1 is 1.28 bits per heavy atom. The minimum absolute atomic E-state index is 0. The number of nitrogens with zero attached hydrogens (tertiary/aromatic N) is 1. The van der Waals surface area contributed by atoms with Gasteiger partial charge in [-0.3, -0.25) is 4.79 Å². The van der Waals surface area contributed by atoms with E-state index in [1.165, 1.54) is 12.8 Å². The van der Waals surface area contributed by atoms with Crippen molar-refractivity contribution in [3.05, 3.63) is 0 Å². The minimum atomic E-state index is -0.208. The second-order valence-electron chi connectivity index (χ2n) is 6.19. The standard InChI is InChI=1S/C14H26N2O.ClH/c1-11-5-8-16(9-12(11)2)13(17)14(10-15)6-3-4-7-14;/h11-12H,3-10,15H2,1-2H3;1H. The summed E-state index contributed by atoms with van der Waals surface area (Å²) in [5, 5.41) is 0. The number of likely N-dealkylation sites (tertiary alicyclic amines) is 1. The Bertz CT molecular complexity index is 290. The van der Waals surface area contributed by atoms with Crippen LogP contribution in [0.4, 0.5) is 0 Å². The molecule has 2 rings (SSSR count). The van der Waals surface area contributed by atoms with Crippen LogP contribution in [0.2, 0.25) is 0 Å². The number of rotatable bonds is 2. The Balaban J connectivity index is 0.00000162. The fourth-order valence-electron chi connectivity index (χ4n) is 3.34. The molecule has 1 saturated carbocycles. The first kappa shape index (κ1) is 15.8. The fourth-order valence-corrected chi connectivity index (χ4v) is 3.34. The van der Waals surface area contributed by atoms with Crippen LogP contribution in [0.3, 0.4) is 0 Å². The molecule has 0 radical (unpaired) electrons. The molecule has 0 aromatic carbocycles. The highest BCUT2D eigenvalue weighted by molar-refractivity contribution is 5.85. The maximum absolute atomic E-state index is 12.7. The van der Waals surface area contributed by atoms with Gasteiger partial charge in [-0.25, -0.2) is 0 Å². The molecule has 0 spiro atoms. The zero-order chi connectivity index (χ0) is 12.5. The maximum atomic E-state index is 12.7. The van der Waals surface area contributed by atoms with Crippen LogP contribution in [-0.2, 0) is 4.79 Å². The van der Waals surface area contributed by atoms with E-state index in [1.807, 2.05) is 0 Å². The van der Waals surface area contributed by atoms with Crippen LogP contribution < -0.4 is 5.73 Å². The highest BCUT2D eigenvalue weighted by Crippen LogP contribution is 2.39. The number of nitrogens with two attached hydrogens (primary N) is 1. The lowest BCUT2D eigenvalue weighted by Crippen LogP contribution is -2.51. The van der Waals surface area contributed by atoms with E-state index in [0.717, 1.165) is 38.3 Å². The summed E-state index contributed by atoms with van der Waals surface area (Å²) in [7, 11) is 0. The van der Waals surface area contributed by atoms with Gasteiger partial charge >= 0.3 is 0 Å². The second-order valence-corrected chi connectivity index (χ2v) is 6.19. The molecule has 1 saturated heterocycles. The summed E-state index contributed by atoms with van der Waals surface area (Å²) in [5.74, 6) is 1.72. The highest BCUT2D eigenvalue weighted by atomic mass is 35.5. The summed E-state index contributed by atoms with van der Waals surface area (Å²) in [4.78, 5) is 14.7. The molecule has 4 heteroatoms. The van der Waals surface area contributed by atoms with Gasteiger partial charge in [0.05, 0.1) is 5.41 Å². The van der Waals surface area contributed by atoms with Crippen molar-refractivity contribution in [3.63, 3.8) is 0 Å². The van der Waals surface area contributed by atoms with E-state index in [9.17, 15) is 4.79 Å². The number of carbonyl (C=O) groups is 1. The van der Waals surface area contributed by atoms with E-state index >= 15 is 0 Å². The number of carbonyl (C=O) groups excluding carboxylic acids is 1. The van der Waals surface area contributed by atoms with Gasteiger partial charge in [-0.05, 0) is 31.1 Å². The third-order valence-corrected chi connectivity index (χ3v) is 5.03. The Morgan fingerprint density at radius 2 is 1.89 bits per heavy atom. The van der Waals surface area contributed by atoms with Crippen LogP contribution in [-0.4, -0.2) is 30.4 Å². The van der Waals surface area contributed by atoms with Crippen molar-refractivity contribution in [1.82, 2.24) is 4.90 Å². The molecule has 1 aliphatic carbocycles. The van der Waals surface area contributed by atoms with Gasteiger partial charge in [0.15, 0.2) is 0 Å².